The smallest absolute Gasteiger partial charge is 0.265 e. The van der Waals surface area contributed by atoms with E-state index in [1.165, 1.54) is 24.3 Å². The van der Waals surface area contributed by atoms with Crippen LogP contribution in [0.5, 0.6) is 0 Å². The zero-order valence-corrected chi connectivity index (χ0v) is 16.4. The Kier molecular flexibility index (Phi) is 6.10. The lowest BCUT2D eigenvalue weighted by molar-refractivity contribution is 0.333. The standard InChI is InChI=1S/C18H18N2O6S2/c21-27(22,17-10-3-1-4-11-17)25-19-15-8-7-9-16(14-15)20-26-28(23,24)18-12-5-2-6-13-18/h1-6,10-13H,7-9,14H2/b19-15-,20-16+. The molecule has 0 radical (unpaired) electrons. The van der Waals surface area contributed by atoms with Crippen molar-refractivity contribution in [3.8, 4) is 0 Å². The van der Waals surface area contributed by atoms with Gasteiger partial charge in [0.15, 0.2) is 0 Å². The molecule has 148 valence electrons. The van der Waals surface area contributed by atoms with Gasteiger partial charge >= 0.3 is 20.2 Å². The quantitative estimate of drug-likeness (QED) is 0.662. The lowest BCUT2D eigenvalue weighted by atomic mass is 9.97. The molecule has 28 heavy (non-hydrogen) atoms. The number of hydrogen-bond donors (Lipinski definition) is 0. The fraction of sp³-hybridized carbons (Fsp3) is 0.222. The van der Waals surface area contributed by atoms with E-state index >= 15 is 0 Å². The first-order valence-electron chi connectivity index (χ1n) is 8.46. The van der Waals surface area contributed by atoms with Crippen LogP contribution in [0.4, 0.5) is 0 Å². The van der Waals surface area contributed by atoms with E-state index in [-0.39, 0.29) is 16.2 Å². The van der Waals surface area contributed by atoms with E-state index in [4.69, 9.17) is 8.57 Å². The summed E-state index contributed by atoms with van der Waals surface area (Å²) in [4.78, 5) is 0.00248. The van der Waals surface area contributed by atoms with Gasteiger partial charge in [-0.1, -0.05) is 46.7 Å². The predicted molar refractivity (Wildman–Crippen MR) is 103 cm³/mol. The molecule has 0 aromatic heterocycles. The molecule has 0 saturated heterocycles. The van der Waals surface area contributed by atoms with E-state index in [1.807, 2.05) is 0 Å². The monoisotopic (exact) mass is 422 g/mol. The van der Waals surface area contributed by atoms with Gasteiger partial charge in [0, 0.05) is 6.42 Å². The van der Waals surface area contributed by atoms with Crippen LogP contribution < -0.4 is 0 Å². The maximum absolute atomic E-state index is 12.1. The summed E-state index contributed by atoms with van der Waals surface area (Å²) < 4.78 is 58.0. The molecule has 0 heterocycles. The largest absolute Gasteiger partial charge is 0.358 e. The predicted octanol–water partition coefficient (Wildman–Crippen LogP) is 3.08. The average molecular weight is 422 g/mol. The molecule has 0 unspecified atom stereocenters. The Morgan fingerprint density at radius 3 is 1.43 bits per heavy atom. The maximum Gasteiger partial charge on any atom is 0.358 e. The summed E-state index contributed by atoms with van der Waals surface area (Å²) >= 11 is 0. The fourth-order valence-electron chi connectivity index (χ4n) is 2.53. The third kappa shape index (κ3) is 5.17. The molecule has 10 heteroatoms. The second-order valence-corrected chi connectivity index (χ2v) is 9.09. The summed E-state index contributed by atoms with van der Waals surface area (Å²) in [5.41, 5.74) is 0.899. The van der Waals surface area contributed by atoms with E-state index in [9.17, 15) is 16.8 Å². The second-order valence-electron chi connectivity index (χ2n) is 6.03. The van der Waals surface area contributed by atoms with Crippen molar-refractivity contribution in [1.82, 2.24) is 0 Å². The van der Waals surface area contributed by atoms with Gasteiger partial charge in [0.25, 0.3) is 0 Å². The van der Waals surface area contributed by atoms with Gasteiger partial charge < -0.3 is 0 Å². The van der Waals surface area contributed by atoms with Crippen molar-refractivity contribution in [1.29, 1.82) is 0 Å². The molecule has 0 aliphatic heterocycles. The summed E-state index contributed by atoms with van der Waals surface area (Å²) in [5.74, 6) is 0. The van der Waals surface area contributed by atoms with E-state index in [0.717, 1.165) is 0 Å². The van der Waals surface area contributed by atoms with Crippen molar-refractivity contribution in [2.75, 3.05) is 0 Å². The molecule has 2 aromatic rings. The lowest BCUT2D eigenvalue weighted by Gasteiger charge is -2.14. The normalized spacial score (nSPS) is 18.1. The minimum atomic E-state index is -4.00. The molecule has 2 aromatic carbocycles. The van der Waals surface area contributed by atoms with E-state index in [1.54, 1.807) is 36.4 Å². The molecule has 8 nitrogen and oxygen atoms in total. The van der Waals surface area contributed by atoms with Crippen LogP contribution in [0.1, 0.15) is 25.7 Å². The van der Waals surface area contributed by atoms with Crippen LogP contribution in [0.25, 0.3) is 0 Å². The van der Waals surface area contributed by atoms with Gasteiger partial charge in [-0.3, -0.25) is 8.57 Å². The van der Waals surface area contributed by atoms with Crippen molar-refractivity contribution in [2.45, 2.75) is 35.5 Å². The number of oxime groups is 2. The minimum Gasteiger partial charge on any atom is -0.265 e. The van der Waals surface area contributed by atoms with Crippen molar-refractivity contribution in [3.63, 3.8) is 0 Å². The van der Waals surface area contributed by atoms with Crippen LogP contribution in [0.3, 0.4) is 0 Å². The molecule has 0 atom stereocenters. The first kappa shape index (κ1) is 20.0. The highest BCUT2D eigenvalue weighted by atomic mass is 32.2. The third-order valence-corrected chi connectivity index (χ3v) is 6.17. The summed E-state index contributed by atoms with van der Waals surface area (Å²) in [7, 11) is -8.01. The molecular formula is C18H18N2O6S2. The fourth-order valence-corrected chi connectivity index (χ4v) is 4.09. The van der Waals surface area contributed by atoms with Gasteiger partial charge in [0.1, 0.15) is 9.79 Å². The van der Waals surface area contributed by atoms with Crippen LogP contribution in [-0.2, 0) is 28.8 Å². The van der Waals surface area contributed by atoms with Crippen LogP contribution in [-0.4, -0.2) is 28.3 Å². The summed E-state index contributed by atoms with van der Waals surface area (Å²) in [6, 6.07) is 15.3. The molecule has 0 spiro atoms. The summed E-state index contributed by atoms with van der Waals surface area (Å²) in [6.45, 7) is 0. The van der Waals surface area contributed by atoms with Gasteiger partial charge in [-0.2, -0.15) is 16.8 Å². The van der Waals surface area contributed by atoms with Crippen LogP contribution in [0.2, 0.25) is 0 Å². The van der Waals surface area contributed by atoms with Crippen LogP contribution in [0, 0.1) is 0 Å². The molecule has 1 aliphatic carbocycles. The molecular weight excluding hydrogens is 404 g/mol. The second kappa shape index (κ2) is 8.53. The van der Waals surface area contributed by atoms with Crippen molar-refractivity contribution < 1.29 is 25.4 Å². The zero-order valence-electron chi connectivity index (χ0n) is 14.8. The zero-order chi connectivity index (χ0) is 20.0. The van der Waals surface area contributed by atoms with E-state index < -0.39 is 20.2 Å². The van der Waals surface area contributed by atoms with Gasteiger partial charge in [-0.15, -0.1) is 0 Å². The Balaban J connectivity index is 1.67. The van der Waals surface area contributed by atoms with E-state index in [2.05, 4.69) is 10.3 Å². The molecule has 0 bridgehead atoms. The number of benzene rings is 2. The van der Waals surface area contributed by atoms with Gasteiger partial charge in [-0.25, -0.2) is 0 Å². The van der Waals surface area contributed by atoms with Gasteiger partial charge in [0.2, 0.25) is 0 Å². The van der Waals surface area contributed by atoms with Crippen LogP contribution >= 0.6 is 0 Å². The van der Waals surface area contributed by atoms with Crippen LogP contribution in [0.15, 0.2) is 80.8 Å². The highest BCUT2D eigenvalue weighted by molar-refractivity contribution is 7.87. The topological polar surface area (TPSA) is 111 Å². The molecule has 0 N–H and O–H groups in total. The highest BCUT2D eigenvalue weighted by Gasteiger charge is 2.20. The lowest BCUT2D eigenvalue weighted by Crippen LogP contribution is -2.17. The first-order chi connectivity index (χ1) is 13.4. The first-order valence-corrected chi connectivity index (χ1v) is 11.3. The Bertz CT molecular complexity index is 992. The van der Waals surface area contributed by atoms with Gasteiger partial charge in [0.05, 0.1) is 11.4 Å². The van der Waals surface area contributed by atoms with Crippen molar-refractivity contribution in [2.24, 2.45) is 10.3 Å². The number of nitrogens with zero attached hydrogens (tertiary/aromatic N) is 2. The Morgan fingerprint density at radius 1 is 0.643 bits per heavy atom. The molecule has 0 amide bonds. The number of rotatable bonds is 6. The SMILES string of the molecule is O=S(=O)(O/N=C1/CCC/C(=N\OS(=O)(=O)c2ccccc2)C1)c1ccccc1. The molecule has 3 rings (SSSR count). The van der Waals surface area contributed by atoms with E-state index in [0.29, 0.717) is 30.7 Å². The van der Waals surface area contributed by atoms with Crippen molar-refractivity contribution >= 4 is 31.7 Å². The Labute approximate surface area is 163 Å². The molecule has 1 saturated carbocycles. The van der Waals surface area contributed by atoms with Crippen molar-refractivity contribution in [3.05, 3.63) is 60.7 Å². The maximum atomic E-state index is 12.1. The minimum absolute atomic E-state index is 0.00124. The average Bonchev–Trinajstić information content (AvgIpc) is 2.73. The highest BCUT2D eigenvalue weighted by Crippen LogP contribution is 2.18. The third-order valence-electron chi connectivity index (χ3n) is 3.93. The Hall–Kier alpha value is -2.72. The molecule has 1 aliphatic rings. The number of hydrogen-bond acceptors (Lipinski definition) is 8. The van der Waals surface area contributed by atoms with Gasteiger partial charge in [-0.05, 0) is 43.5 Å². The summed E-state index contributed by atoms with van der Waals surface area (Å²) in [6.07, 6.45) is 1.85. The summed E-state index contributed by atoms with van der Waals surface area (Å²) in [5, 5.41) is 7.45. The Morgan fingerprint density at radius 2 is 1.04 bits per heavy atom. The molecule has 1 fully saturated rings.